The first-order valence-corrected chi connectivity index (χ1v) is 23.1. The fraction of sp³-hybridized carbons (Fsp3) is 0.714. The average Bonchev–Trinajstić information content (AvgIpc) is 3.29. The number of esters is 1. The van der Waals surface area contributed by atoms with Gasteiger partial charge in [0.2, 0.25) is 5.79 Å². The SMILES string of the molecule is CCC1/C=C(\C)C(F)C(C)CC(OC)C2OC(O)(C(=O)C(=O)N3CCCCC3C(=O)OC(C(C)=CC3CCC(Oc4cccc(OC)c4)C(O)C3)C(C)C(O)CC1=O)C(C)CC2OC. The molecule has 1 aromatic rings. The van der Waals surface area contributed by atoms with E-state index in [2.05, 4.69) is 0 Å². The van der Waals surface area contributed by atoms with Crippen LogP contribution in [0.1, 0.15) is 106 Å². The molecule has 1 saturated carbocycles. The maximum atomic E-state index is 16.3. The van der Waals surface area contributed by atoms with Crippen LogP contribution in [0, 0.1) is 29.6 Å². The second kappa shape index (κ2) is 22.6. The highest BCUT2D eigenvalue weighted by atomic mass is 19.1. The van der Waals surface area contributed by atoms with E-state index < -0.39 is 102 Å². The summed E-state index contributed by atoms with van der Waals surface area (Å²) >= 11 is 0. The standard InChI is InChI=1S/C49H72FNO13/c1-10-33-21-27(2)43(50)28(3)22-41(60-8)45-42(61-9)23-30(5)49(58,64-45)46(55)47(56)51-19-12-11-16-36(51)48(57)63-44(31(6)37(52)26-38(33)53)29(4)20-32-17-18-40(39(54)24-32)62-35-15-13-14-34(25-35)59-7/h13-15,20-21,25,28,30-33,36-37,39-45,52,54,58H,10-12,16-19,22-24,26H2,1-9H3/b27-21+,29-20?. The van der Waals surface area contributed by atoms with Crippen LogP contribution in [0.25, 0.3) is 0 Å². The lowest BCUT2D eigenvalue weighted by Crippen LogP contribution is -2.64. The first-order chi connectivity index (χ1) is 30.4. The minimum Gasteiger partial charge on any atom is -0.497 e. The highest BCUT2D eigenvalue weighted by Gasteiger charge is 2.57. The molecule has 3 aliphatic heterocycles. The van der Waals surface area contributed by atoms with E-state index in [-0.39, 0.29) is 43.9 Å². The van der Waals surface area contributed by atoms with Gasteiger partial charge in [0.15, 0.2) is 0 Å². The van der Waals surface area contributed by atoms with Crippen LogP contribution in [0.15, 0.2) is 47.6 Å². The monoisotopic (exact) mass is 901 g/mol. The number of hydrogen-bond donors (Lipinski definition) is 3. The lowest BCUT2D eigenvalue weighted by Gasteiger charge is -2.47. The molecule has 1 aliphatic carbocycles. The van der Waals surface area contributed by atoms with Crippen LogP contribution in [0.4, 0.5) is 4.39 Å². The quantitative estimate of drug-likeness (QED) is 0.160. The van der Waals surface area contributed by atoms with Crippen LogP contribution in [-0.2, 0) is 38.1 Å². The van der Waals surface area contributed by atoms with Gasteiger partial charge in [-0.05, 0) is 107 Å². The number of piperidine rings is 1. The van der Waals surface area contributed by atoms with Crippen molar-refractivity contribution in [2.24, 2.45) is 29.6 Å². The maximum absolute atomic E-state index is 16.3. The number of fused-ring (bicyclic) bond motifs is 3. The van der Waals surface area contributed by atoms with Gasteiger partial charge in [-0.2, -0.15) is 0 Å². The number of amides is 1. The summed E-state index contributed by atoms with van der Waals surface area (Å²) in [6, 6.07) is 5.95. The van der Waals surface area contributed by atoms with Gasteiger partial charge in [-0.25, -0.2) is 9.18 Å². The normalized spacial score (nSPS) is 38.9. The summed E-state index contributed by atoms with van der Waals surface area (Å²) in [5, 5.41) is 35.1. The molecule has 358 valence electrons. The maximum Gasteiger partial charge on any atom is 0.329 e. The number of halogens is 1. The van der Waals surface area contributed by atoms with Gasteiger partial charge < -0.3 is 48.6 Å². The molecule has 3 N–H and O–H groups in total. The molecular formula is C49H72FNO13. The zero-order chi connectivity index (χ0) is 47.0. The number of ether oxygens (including phenoxy) is 6. The first kappa shape index (κ1) is 51.3. The number of Topliss-reactive ketones (excluding diaryl/α,β-unsaturated/α-hetero) is 2. The van der Waals surface area contributed by atoms with E-state index in [0.717, 1.165) is 4.90 Å². The zero-order valence-electron chi connectivity index (χ0n) is 39.1. The van der Waals surface area contributed by atoms with Crippen molar-refractivity contribution in [2.75, 3.05) is 27.9 Å². The Hall–Kier alpha value is -3.73. The Morgan fingerprint density at radius 3 is 2.28 bits per heavy atom. The molecule has 2 bridgehead atoms. The van der Waals surface area contributed by atoms with E-state index in [1.807, 2.05) is 19.1 Å². The van der Waals surface area contributed by atoms with Crippen LogP contribution >= 0.6 is 0 Å². The molecule has 3 heterocycles. The third kappa shape index (κ3) is 11.8. The number of rotatable bonds is 8. The van der Waals surface area contributed by atoms with Gasteiger partial charge in [-0.1, -0.05) is 45.9 Å². The van der Waals surface area contributed by atoms with Crippen LogP contribution in [0.2, 0.25) is 0 Å². The Bertz CT molecular complexity index is 1840. The minimum absolute atomic E-state index is 0.0327. The van der Waals surface area contributed by atoms with Crippen molar-refractivity contribution in [1.29, 1.82) is 0 Å². The van der Waals surface area contributed by atoms with Crippen molar-refractivity contribution in [3.8, 4) is 11.5 Å². The van der Waals surface area contributed by atoms with E-state index in [9.17, 15) is 34.5 Å². The molecule has 2 saturated heterocycles. The van der Waals surface area contributed by atoms with Gasteiger partial charge >= 0.3 is 5.97 Å². The Kier molecular flexibility index (Phi) is 18.1. The van der Waals surface area contributed by atoms with Crippen LogP contribution in [0.3, 0.4) is 0 Å². The summed E-state index contributed by atoms with van der Waals surface area (Å²) in [6.07, 6.45) is -1.37. The molecule has 15 heteroatoms. The van der Waals surface area contributed by atoms with Gasteiger partial charge in [-0.3, -0.25) is 14.4 Å². The highest BCUT2D eigenvalue weighted by Crippen LogP contribution is 2.40. The van der Waals surface area contributed by atoms with Crippen molar-refractivity contribution in [2.45, 2.75) is 166 Å². The third-order valence-corrected chi connectivity index (χ3v) is 14.1. The molecule has 14 nitrogen and oxygen atoms in total. The molecule has 4 aliphatic rings. The molecule has 1 amide bonds. The van der Waals surface area contributed by atoms with E-state index in [1.54, 1.807) is 66.0 Å². The van der Waals surface area contributed by atoms with Crippen LogP contribution < -0.4 is 9.47 Å². The smallest absolute Gasteiger partial charge is 0.329 e. The zero-order valence-corrected chi connectivity index (χ0v) is 39.1. The summed E-state index contributed by atoms with van der Waals surface area (Å²) < 4.78 is 51.8. The number of alkyl halides is 1. The fourth-order valence-electron chi connectivity index (χ4n) is 10.0. The van der Waals surface area contributed by atoms with Gasteiger partial charge in [-0.15, -0.1) is 0 Å². The van der Waals surface area contributed by atoms with Crippen molar-refractivity contribution >= 4 is 23.4 Å². The summed E-state index contributed by atoms with van der Waals surface area (Å²) in [5.74, 6) is -8.20. The number of carbonyl (C=O) groups is 4. The molecular weight excluding hydrogens is 830 g/mol. The Morgan fingerprint density at radius 2 is 1.62 bits per heavy atom. The molecule has 15 unspecified atom stereocenters. The van der Waals surface area contributed by atoms with Crippen molar-refractivity contribution in [3.05, 3.63) is 47.6 Å². The number of aliphatic hydroxyl groups excluding tert-OH is 2. The molecule has 64 heavy (non-hydrogen) atoms. The van der Waals surface area contributed by atoms with Crippen molar-refractivity contribution in [3.63, 3.8) is 0 Å². The number of hydrogen-bond acceptors (Lipinski definition) is 13. The number of nitrogens with zero attached hydrogens (tertiary/aromatic N) is 1. The molecule has 15 atom stereocenters. The van der Waals surface area contributed by atoms with E-state index in [1.165, 1.54) is 14.2 Å². The Balaban J connectivity index is 1.49. The van der Waals surface area contributed by atoms with Gasteiger partial charge in [0.05, 0.1) is 31.5 Å². The van der Waals surface area contributed by atoms with Crippen molar-refractivity contribution < 1.29 is 67.3 Å². The van der Waals surface area contributed by atoms with Crippen LogP contribution in [0.5, 0.6) is 11.5 Å². The second-order valence-electron chi connectivity index (χ2n) is 18.7. The Labute approximate surface area is 377 Å². The number of ketones is 2. The lowest BCUT2D eigenvalue weighted by molar-refractivity contribution is -0.302. The van der Waals surface area contributed by atoms with E-state index in [0.29, 0.717) is 61.2 Å². The predicted octanol–water partition coefficient (Wildman–Crippen LogP) is 5.86. The highest BCUT2D eigenvalue weighted by molar-refractivity contribution is 6.39. The molecule has 5 rings (SSSR count). The third-order valence-electron chi connectivity index (χ3n) is 14.1. The Morgan fingerprint density at radius 1 is 0.938 bits per heavy atom. The number of aliphatic hydroxyl groups is 3. The summed E-state index contributed by atoms with van der Waals surface area (Å²) in [7, 11) is 4.44. The van der Waals surface area contributed by atoms with Gasteiger partial charge in [0, 0.05) is 51.0 Å². The largest absolute Gasteiger partial charge is 0.497 e. The number of carbonyl (C=O) groups excluding carboxylic acids is 4. The van der Waals surface area contributed by atoms with Crippen molar-refractivity contribution in [1.82, 2.24) is 4.90 Å². The molecule has 0 radical (unpaired) electrons. The number of methoxy groups -OCH3 is 3. The molecule has 0 aromatic heterocycles. The topological polar surface area (TPSA) is 188 Å². The first-order valence-electron chi connectivity index (χ1n) is 23.1. The van der Waals surface area contributed by atoms with Gasteiger partial charge in [0.25, 0.3) is 11.7 Å². The number of benzene rings is 1. The molecule has 3 fully saturated rings. The molecule has 1 aromatic carbocycles. The summed E-state index contributed by atoms with van der Waals surface area (Å²) in [6.45, 7) is 10.2. The average molecular weight is 902 g/mol. The van der Waals surface area contributed by atoms with Gasteiger partial charge in [0.1, 0.15) is 47.8 Å². The van der Waals surface area contributed by atoms with E-state index in [4.69, 9.17) is 28.4 Å². The fourth-order valence-corrected chi connectivity index (χ4v) is 10.0. The number of cyclic esters (lactones) is 1. The van der Waals surface area contributed by atoms with E-state index >= 15 is 4.39 Å². The molecule has 0 spiro atoms. The lowest BCUT2D eigenvalue weighted by atomic mass is 9.81. The summed E-state index contributed by atoms with van der Waals surface area (Å²) in [5.41, 5.74) is 0.893. The predicted molar refractivity (Wildman–Crippen MR) is 235 cm³/mol. The summed E-state index contributed by atoms with van der Waals surface area (Å²) in [4.78, 5) is 58.1. The minimum atomic E-state index is -2.62. The second-order valence-corrected chi connectivity index (χ2v) is 18.7. The van der Waals surface area contributed by atoms with Crippen LogP contribution in [-0.4, -0.2) is 132 Å². The number of allylic oxidation sites excluding steroid dienone is 3.